The molecule has 1 heterocycles. The van der Waals surface area contributed by atoms with Crippen LogP contribution in [0, 0.1) is 5.41 Å². The van der Waals surface area contributed by atoms with Crippen molar-refractivity contribution in [1.29, 1.82) is 0 Å². The molecule has 0 bridgehead atoms. The number of aromatic nitrogens is 2. The first kappa shape index (κ1) is 13.5. The van der Waals surface area contributed by atoms with E-state index in [1.807, 2.05) is 0 Å². The summed E-state index contributed by atoms with van der Waals surface area (Å²) in [5.41, 5.74) is 0.291. The van der Waals surface area contributed by atoms with Gasteiger partial charge in [-0.2, -0.15) is 0 Å². The number of hydrogen-bond acceptors (Lipinski definition) is 4. The molecule has 0 radical (unpaired) electrons. The second-order valence-electron chi connectivity index (χ2n) is 6.00. The van der Waals surface area contributed by atoms with Crippen LogP contribution in [0.25, 0.3) is 0 Å². The van der Waals surface area contributed by atoms with Crippen LogP contribution in [0.4, 0.5) is 0 Å². The fourth-order valence-corrected chi connectivity index (χ4v) is 2.80. The van der Waals surface area contributed by atoms with Crippen molar-refractivity contribution in [2.45, 2.75) is 65.3 Å². The van der Waals surface area contributed by atoms with Gasteiger partial charge in [-0.05, 0) is 31.2 Å². The Bertz CT molecular complexity index is 373. The zero-order valence-corrected chi connectivity index (χ0v) is 11.8. The topological polar surface area (TPSA) is 51.0 Å². The zero-order valence-electron chi connectivity index (χ0n) is 11.8. The Morgan fingerprint density at radius 3 is 2.89 bits per heavy atom. The van der Waals surface area contributed by atoms with Gasteiger partial charge in [0.1, 0.15) is 0 Å². The van der Waals surface area contributed by atoms with Gasteiger partial charge in [0.15, 0.2) is 0 Å². The normalized spacial score (nSPS) is 23.2. The SMILES string of the molecule is CCCNCc1nnc(C2CCCCC2(C)C)o1. The van der Waals surface area contributed by atoms with Crippen molar-refractivity contribution in [2.75, 3.05) is 6.54 Å². The van der Waals surface area contributed by atoms with E-state index in [1.165, 1.54) is 25.7 Å². The first-order valence-electron chi connectivity index (χ1n) is 7.16. The Morgan fingerprint density at radius 2 is 2.17 bits per heavy atom. The summed E-state index contributed by atoms with van der Waals surface area (Å²) in [6.45, 7) is 8.46. The van der Waals surface area contributed by atoms with Crippen molar-refractivity contribution < 1.29 is 4.42 Å². The molecule has 1 saturated carbocycles. The number of nitrogens with zero attached hydrogens (tertiary/aromatic N) is 2. The molecule has 1 N–H and O–H groups in total. The predicted molar refractivity (Wildman–Crippen MR) is 71.3 cm³/mol. The van der Waals surface area contributed by atoms with Gasteiger partial charge in [-0.15, -0.1) is 10.2 Å². The summed E-state index contributed by atoms with van der Waals surface area (Å²) in [5, 5.41) is 11.7. The smallest absolute Gasteiger partial charge is 0.230 e. The predicted octanol–water partition coefficient (Wildman–Crippen LogP) is 3.25. The molecule has 0 amide bonds. The van der Waals surface area contributed by atoms with Crippen LogP contribution in [0.15, 0.2) is 4.42 Å². The third-order valence-corrected chi connectivity index (χ3v) is 3.99. The van der Waals surface area contributed by atoms with Crippen LogP contribution in [-0.2, 0) is 6.54 Å². The molecule has 0 aromatic carbocycles. The highest BCUT2D eigenvalue weighted by atomic mass is 16.4. The third-order valence-electron chi connectivity index (χ3n) is 3.99. The molecule has 4 nitrogen and oxygen atoms in total. The van der Waals surface area contributed by atoms with E-state index in [9.17, 15) is 0 Å². The van der Waals surface area contributed by atoms with Crippen molar-refractivity contribution in [1.82, 2.24) is 15.5 Å². The second-order valence-corrected chi connectivity index (χ2v) is 6.00. The molecule has 1 aromatic rings. The summed E-state index contributed by atoms with van der Waals surface area (Å²) in [7, 11) is 0. The van der Waals surface area contributed by atoms with Gasteiger partial charge in [0, 0.05) is 5.92 Å². The van der Waals surface area contributed by atoms with E-state index >= 15 is 0 Å². The molecule has 1 fully saturated rings. The Morgan fingerprint density at radius 1 is 1.33 bits per heavy atom. The van der Waals surface area contributed by atoms with Crippen LogP contribution in [-0.4, -0.2) is 16.7 Å². The molecule has 1 aliphatic carbocycles. The Hall–Kier alpha value is -0.900. The molecular formula is C14H25N3O. The molecule has 0 saturated heterocycles. The summed E-state index contributed by atoms with van der Waals surface area (Å²) >= 11 is 0. The van der Waals surface area contributed by atoms with Gasteiger partial charge in [0.25, 0.3) is 0 Å². The van der Waals surface area contributed by atoms with Crippen LogP contribution >= 0.6 is 0 Å². The lowest BCUT2D eigenvalue weighted by Gasteiger charge is -2.36. The highest BCUT2D eigenvalue weighted by Crippen LogP contribution is 2.46. The maximum Gasteiger partial charge on any atom is 0.230 e. The Kier molecular flexibility index (Phi) is 4.38. The van der Waals surface area contributed by atoms with Crippen molar-refractivity contribution in [2.24, 2.45) is 5.41 Å². The maximum absolute atomic E-state index is 5.82. The lowest BCUT2D eigenvalue weighted by molar-refractivity contribution is 0.171. The fraction of sp³-hybridized carbons (Fsp3) is 0.857. The molecule has 0 spiro atoms. The molecule has 4 heteroatoms. The summed E-state index contributed by atoms with van der Waals surface area (Å²) in [6.07, 6.45) is 6.15. The van der Waals surface area contributed by atoms with Crippen LogP contribution in [0.3, 0.4) is 0 Å². The monoisotopic (exact) mass is 251 g/mol. The van der Waals surface area contributed by atoms with Gasteiger partial charge >= 0.3 is 0 Å². The first-order valence-corrected chi connectivity index (χ1v) is 7.16. The maximum atomic E-state index is 5.82. The van der Waals surface area contributed by atoms with Crippen molar-refractivity contribution >= 4 is 0 Å². The standard InChI is InChI=1S/C14H25N3O/c1-4-9-15-10-12-16-17-13(18-12)11-7-5-6-8-14(11,2)3/h11,15H,4-10H2,1-3H3. The van der Waals surface area contributed by atoms with Crippen molar-refractivity contribution in [3.8, 4) is 0 Å². The minimum atomic E-state index is 0.291. The molecule has 2 rings (SSSR count). The molecule has 102 valence electrons. The lowest BCUT2D eigenvalue weighted by Crippen LogP contribution is -2.26. The summed E-state index contributed by atoms with van der Waals surface area (Å²) < 4.78 is 5.82. The molecule has 1 atom stereocenters. The van der Waals surface area contributed by atoms with Crippen molar-refractivity contribution in [3.05, 3.63) is 11.8 Å². The Balaban J connectivity index is 2.00. The quantitative estimate of drug-likeness (QED) is 0.816. The summed E-state index contributed by atoms with van der Waals surface area (Å²) in [5.74, 6) is 1.99. The molecule has 1 aromatic heterocycles. The van der Waals surface area contributed by atoms with Gasteiger partial charge < -0.3 is 9.73 Å². The van der Waals surface area contributed by atoms with Crippen molar-refractivity contribution in [3.63, 3.8) is 0 Å². The average molecular weight is 251 g/mol. The van der Waals surface area contributed by atoms with E-state index in [0.29, 0.717) is 17.9 Å². The lowest BCUT2D eigenvalue weighted by atomic mass is 9.69. The van der Waals surface area contributed by atoms with E-state index in [2.05, 4.69) is 36.3 Å². The average Bonchev–Trinajstić information content (AvgIpc) is 2.77. The number of hydrogen-bond donors (Lipinski definition) is 1. The van der Waals surface area contributed by atoms with Gasteiger partial charge in [-0.25, -0.2) is 0 Å². The largest absolute Gasteiger partial charge is 0.424 e. The van der Waals surface area contributed by atoms with E-state index in [-0.39, 0.29) is 0 Å². The number of rotatable bonds is 5. The molecule has 0 aliphatic heterocycles. The van der Waals surface area contributed by atoms with Gasteiger partial charge in [0.05, 0.1) is 6.54 Å². The van der Waals surface area contributed by atoms with E-state index in [0.717, 1.165) is 24.7 Å². The van der Waals surface area contributed by atoms with Crippen LogP contribution < -0.4 is 5.32 Å². The summed E-state index contributed by atoms with van der Waals surface area (Å²) in [4.78, 5) is 0. The molecule has 1 unspecified atom stereocenters. The first-order chi connectivity index (χ1) is 8.63. The van der Waals surface area contributed by atoms with Gasteiger partial charge in [-0.3, -0.25) is 0 Å². The molecule has 1 aliphatic rings. The van der Waals surface area contributed by atoms with E-state index in [1.54, 1.807) is 0 Å². The third kappa shape index (κ3) is 3.10. The van der Waals surface area contributed by atoms with E-state index in [4.69, 9.17) is 4.42 Å². The molecule has 18 heavy (non-hydrogen) atoms. The van der Waals surface area contributed by atoms with Gasteiger partial charge in [0.2, 0.25) is 11.8 Å². The van der Waals surface area contributed by atoms with Crippen LogP contribution in [0.1, 0.15) is 70.6 Å². The minimum absolute atomic E-state index is 0.291. The minimum Gasteiger partial charge on any atom is -0.424 e. The zero-order chi connectivity index (χ0) is 13.0. The summed E-state index contributed by atoms with van der Waals surface area (Å²) in [6, 6.07) is 0. The second kappa shape index (κ2) is 5.83. The van der Waals surface area contributed by atoms with Crippen LogP contribution in [0.2, 0.25) is 0 Å². The van der Waals surface area contributed by atoms with Gasteiger partial charge in [-0.1, -0.05) is 33.6 Å². The number of nitrogens with one attached hydrogen (secondary N) is 1. The molecular weight excluding hydrogens is 226 g/mol. The fourth-order valence-electron chi connectivity index (χ4n) is 2.80. The van der Waals surface area contributed by atoms with E-state index < -0.39 is 0 Å². The highest BCUT2D eigenvalue weighted by Gasteiger charge is 2.36. The van der Waals surface area contributed by atoms with Crippen LogP contribution in [0.5, 0.6) is 0 Å². The Labute approximate surface area is 110 Å². The highest BCUT2D eigenvalue weighted by molar-refractivity contribution is 5.01.